The first-order valence-electron chi connectivity index (χ1n) is 11.2. The Hall–Kier alpha value is -2.93. The summed E-state index contributed by atoms with van der Waals surface area (Å²) in [5.41, 5.74) is 12.0. The lowest BCUT2D eigenvalue weighted by Gasteiger charge is -2.20. The maximum absolute atomic E-state index is 2.37. The quantitative estimate of drug-likeness (QED) is 0.302. The lowest BCUT2D eigenvalue weighted by molar-refractivity contribution is -0.665. The van der Waals surface area contributed by atoms with E-state index in [1.165, 1.54) is 61.1 Å². The van der Waals surface area contributed by atoms with E-state index in [9.17, 15) is 0 Å². The lowest BCUT2D eigenvalue weighted by atomic mass is 9.85. The van der Waals surface area contributed by atoms with Gasteiger partial charge in [-0.15, -0.1) is 0 Å². The molecule has 0 saturated carbocycles. The molecule has 31 heavy (non-hydrogen) atoms. The van der Waals surface area contributed by atoms with Crippen molar-refractivity contribution in [2.75, 3.05) is 0 Å². The van der Waals surface area contributed by atoms with E-state index in [1.54, 1.807) is 0 Å². The molecular weight excluding hydrogens is 374 g/mol. The smallest absolute Gasteiger partial charge is 0.198 e. The molecule has 0 bridgehead atoms. The zero-order valence-electron chi connectivity index (χ0n) is 20.2. The fraction of sp³-hybridized carbons (Fsp3) is 0.300. The molecule has 0 radical (unpaired) electrons. The van der Waals surface area contributed by atoms with Crippen molar-refractivity contribution < 1.29 is 4.57 Å². The van der Waals surface area contributed by atoms with Crippen LogP contribution < -0.4 is 4.57 Å². The van der Waals surface area contributed by atoms with Gasteiger partial charge in [0.15, 0.2) is 5.69 Å². The number of hydrogen-bond donors (Lipinski definition) is 0. The Morgan fingerprint density at radius 2 is 1.39 bits per heavy atom. The van der Waals surface area contributed by atoms with Gasteiger partial charge in [0.1, 0.15) is 7.05 Å². The molecule has 0 aliphatic rings. The molecule has 0 N–H and O–H groups in total. The lowest BCUT2D eigenvalue weighted by Crippen LogP contribution is -2.35. The SMILES string of the molecule is Cc1cc(-c2c(C)cccc2C)ccc1-c1c2ccc(C(C)(C)C)cc2cc(C)[n+]1C. The van der Waals surface area contributed by atoms with E-state index in [0.717, 1.165) is 0 Å². The molecule has 0 fully saturated rings. The molecule has 3 aromatic carbocycles. The highest BCUT2D eigenvalue weighted by molar-refractivity contribution is 5.95. The maximum Gasteiger partial charge on any atom is 0.220 e. The largest absolute Gasteiger partial charge is 0.220 e. The van der Waals surface area contributed by atoms with Crippen molar-refractivity contribution in [3.8, 4) is 22.4 Å². The Balaban J connectivity index is 1.94. The van der Waals surface area contributed by atoms with Gasteiger partial charge < -0.3 is 0 Å². The van der Waals surface area contributed by atoms with Crippen LogP contribution in [0.2, 0.25) is 0 Å². The van der Waals surface area contributed by atoms with Gasteiger partial charge in [0.2, 0.25) is 5.69 Å². The zero-order chi connectivity index (χ0) is 22.5. The van der Waals surface area contributed by atoms with Gasteiger partial charge in [-0.25, -0.2) is 0 Å². The van der Waals surface area contributed by atoms with Crippen molar-refractivity contribution in [3.05, 3.63) is 88.6 Å². The molecule has 1 aromatic heterocycles. The third kappa shape index (κ3) is 3.78. The van der Waals surface area contributed by atoms with Crippen molar-refractivity contribution in [3.63, 3.8) is 0 Å². The average molecular weight is 409 g/mol. The normalized spacial score (nSPS) is 11.9. The van der Waals surface area contributed by atoms with Crippen molar-refractivity contribution in [1.29, 1.82) is 0 Å². The summed E-state index contributed by atoms with van der Waals surface area (Å²) in [6, 6.07) is 22.8. The summed E-state index contributed by atoms with van der Waals surface area (Å²) in [6.07, 6.45) is 0. The van der Waals surface area contributed by atoms with E-state index >= 15 is 0 Å². The number of aryl methyl sites for hydroxylation is 4. The minimum Gasteiger partial charge on any atom is -0.198 e. The molecule has 1 heteroatoms. The molecule has 0 aliphatic heterocycles. The molecule has 0 atom stereocenters. The Kier molecular flexibility index (Phi) is 5.25. The van der Waals surface area contributed by atoms with E-state index in [4.69, 9.17) is 0 Å². The number of benzene rings is 3. The van der Waals surface area contributed by atoms with E-state index in [1.807, 2.05) is 0 Å². The van der Waals surface area contributed by atoms with E-state index in [0.29, 0.717) is 0 Å². The number of rotatable bonds is 2. The first-order valence-corrected chi connectivity index (χ1v) is 11.2. The molecular formula is C30H34N+. The molecule has 0 aliphatic carbocycles. The van der Waals surface area contributed by atoms with Gasteiger partial charge >= 0.3 is 0 Å². The van der Waals surface area contributed by atoms with Gasteiger partial charge in [0, 0.05) is 18.6 Å². The van der Waals surface area contributed by atoms with Crippen LogP contribution in [0.1, 0.15) is 48.7 Å². The summed E-state index contributed by atoms with van der Waals surface area (Å²) in [4.78, 5) is 0. The standard InChI is InChI=1S/C30H34N/c1-19-10-9-11-20(2)28(19)23-12-14-26(21(3)16-23)29-27-15-13-25(30(5,6)7)18-24(27)17-22(4)31(29)8/h9-18H,1-8H3/q+1. The molecule has 0 spiro atoms. The highest BCUT2D eigenvalue weighted by atomic mass is 14.9. The summed E-state index contributed by atoms with van der Waals surface area (Å²) in [6.45, 7) is 15.7. The minimum absolute atomic E-state index is 0.142. The minimum atomic E-state index is 0.142. The topological polar surface area (TPSA) is 3.88 Å². The first kappa shape index (κ1) is 21.3. The van der Waals surface area contributed by atoms with Gasteiger partial charge in [-0.2, -0.15) is 4.57 Å². The summed E-state index contributed by atoms with van der Waals surface area (Å²) in [7, 11) is 2.18. The maximum atomic E-state index is 2.37. The number of pyridine rings is 1. The van der Waals surface area contributed by atoms with Crippen LogP contribution in [0.5, 0.6) is 0 Å². The number of aromatic nitrogens is 1. The van der Waals surface area contributed by atoms with Crippen molar-refractivity contribution in [2.45, 2.75) is 53.9 Å². The summed E-state index contributed by atoms with van der Waals surface area (Å²) < 4.78 is 2.33. The van der Waals surface area contributed by atoms with Crippen molar-refractivity contribution in [1.82, 2.24) is 0 Å². The Labute approximate surface area is 187 Å². The molecule has 1 heterocycles. The van der Waals surface area contributed by atoms with Crippen LogP contribution in [0.15, 0.2) is 60.7 Å². The molecule has 4 aromatic rings. The van der Waals surface area contributed by atoms with Crippen LogP contribution in [0, 0.1) is 27.7 Å². The Morgan fingerprint density at radius 1 is 0.710 bits per heavy atom. The van der Waals surface area contributed by atoms with Crippen LogP contribution in [-0.4, -0.2) is 0 Å². The third-order valence-electron chi connectivity index (χ3n) is 6.65. The van der Waals surface area contributed by atoms with E-state index in [2.05, 4.69) is 121 Å². The van der Waals surface area contributed by atoms with Crippen molar-refractivity contribution in [2.24, 2.45) is 7.05 Å². The second-order valence-electron chi connectivity index (χ2n) is 10.0. The van der Waals surface area contributed by atoms with Gasteiger partial charge in [-0.1, -0.05) is 63.2 Å². The molecule has 1 nitrogen and oxygen atoms in total. The zero-order valence-corrected chi connectivity index (χ0v) is 20.2. The second-order valence-corrected chi connectivity index (χ2v) is 10.0. The van der Waals surface area contributed by atoms with Gasteiger partial charge in [0.05, 0.1) is 5.39 Å². The predicted molar refractivity (Wildman–Crippen MR) is 134 cm³/mol. The number of fused-ring (bicyclic) bond motifs is 1. The highest BCUT2D eigenvalue weighted by Crippen LogP contribution is 2.35. The number of nitrogens with zero attached hydrogens (tertiary/aromatic N) is 1. The summed E-state index contributed by atoms with van der Waals surface area (Å²) in [5, 5.41) is 2.63. The Morgan fingerprint density at radius 3 is 2.00 bits per heavy atom. The predicted octanol–water partition coefficient (Wildman–Crippen LogP) is 7.53. The fourth-order valence-electron chi connectivity index (χ4n) is 4.72. The summed E-state index contributed by atoms with van der Waals surface area (Å²) >= 11 is 0. The molecule has 158 valence electrons. The van der Waals surface area contributed by atoms with Crippen molar-refractivity contribution >= 4 is 10.8 Å². The van der Waals surface area contributed by atoms with Gasteiger partial charge in [-0.3, -0.25) is 0 Å². The van der Waals surface area contributed by atoms with Crippen LogP contribution in [0.3, 0.4) is 0 Å². The highest BCUT2D eigenvalue weighted by Gasteiger charge is 2.22. The van der Waals surface area contributed by atoms with Crippen LogP contribution in [0.25, 0.3) is 33.2 Å². The molecule has 4 rings (SSSR count). The monoisotopic (exact) mass is 408 g/mol. The molecule has 0 unspecified atom stereocenters. The van der Waals surface area contributed by atoms with Gasteiger partial charge in [-0.05, 0) is 77.1 Å². The van der Waals surface area contributed by atoms with Crippen LogP contribution in [-0.2, 0) is 12.5 Å². The fourth-order valence-corrected chi connectivity index (χ4v) is 4.72. The van der Waals surface area contributed by atoms with E-state index < -0.39 is 0 Å². The molecule has 0 amide bonds. The molecule has 0 saturated heterocycles. The second kappa shape index (κ2) is 7.64. The van der Waals surface area contributed by atoms with Gasteiger partial charge in [0.25, 0.3) is 0 Å². The van der Waals surface area contributed by atoms with Crippen LogP contribution >= 0.6 is 0 Å². The first-order chi connectivity index (χ1) is 14.6. The number of hydrogen-bond acceptors (Lipinski definition) is 0. The van der Waals surface area contributed by atoms with Crippen LogP contribution in [0.4, 0.5) is 0 Å². The average Bonchev–Trinajstić information content (AvgIpc) is 2.69. The third-order valence-corrected chi connectivity index (χ3v) is 6.65. The summed E-state index contributed by atoms with van der Waals surface area (Å²) in [5.74, 6) is 0. The van der Waals surface area contributed by atoms with E-state index in [-0.39, 0.29) is 5.41 Å². The Bertz CT molecular complexity index is 1280.